The molecule has 34 heavy (non-hydrogen) atoms. The molecular weight excluding hydrogens is 450 g/mol. The Hall–Kier alpha value is -1.73. The van der Waals surface area contributed by atoms with Crippen molar-refractivity contribution in [3.63, 3.8) is 0 Å². The number of hydrogen-bond donors (Lipinski definition) is 1. The van der Waals surface area contributed by atoms with Crippen LogP contribution in [0.4, 0.5) is 5.82 Å². The zero-order valence-corrected chi connectivity index (χ0v) is 21.3. The van der Waals surface area contributed by atoms with Crippen LogP contribution in [0.3, 0.4) is 0 Å². The normalized spacial score (nSPS) is 28.3. The maximum absolute atomic E-state index is 12.9. The minimum absolute atomic E-state index is 0.0224. The lowest BCUT2D eigenvalue weighted by Gasteiger charge is -2.42. The Labute approximate surface area is 207 Å². The van der Waals surface area contributed by atoms with Crippen LogP contribution in [0.25, 0.3) is 10.8 Å². The minimum atomic E-state index is -0.263. The number of fused-ring (bicyclic) bond motifs is 1. The molecule has 1 aromatic heterocycles. The van der Waals surface area contributed by atoms with E-state index in [-0.39, 0.29) is 23.0 Å². The first-order chi connectivity index (χ1) is 16.2. The van der Waals surface area contributed by atoms with Crippen LogP contribution in [0.1, 0.15) is 64.4 Å². The topological polar surface area (TPSA) is 63.7 Å². The molecule has 6 nitrogen and oxygen atoms in total. The molecule has 0 aliphatic carbocycles. The Kier molecular flexibility index (Phi) is 6.62. The van der Waals surface area contributed by atoms with Gasteiger partial charge in [-0.15, -0.1) is 0 Å². The summed E-state index contributed by atoms with van der Waals surface area (Å²) in [4.78, 5) is 20.0. The van der Waals surface area contributed by atoms with Crippen molar-refractivity contribution in [1.82, 2.24) is 9.88 Å². The van der Waals surface area contributed by atoms with Crippen LogP contribution in [-0.4, -0.2) is 59.8 Å². The summed E-state index contributed by atoms with van der Waals surface area (Å²) in [7, 11) is 0. The summed E-state index contributed by atoms with van der Waals surface area (Å²) in [6, 6.07) is 6.20. The molecule has 0 spiro atoms. The van der Waals surface area contributed by atoms with Gasteiger partial charge in [0.15, 0.2) is 0 Å². The number of aromatic nitrogens is 1. The molecule has 184 valence electrons. The van der Waals surface area contributed by atoms with Crippen molar-refractivity contribution in [1.29, 1.82) is 0 Å². The summed E-state index contributed by atoms with van der Waals surface area (Å²) in [5.41, 5.74) is 1.12. The number of pyridine rings is 1. The van der Waals surface area contributed by atoms with Gasteiger partial charge in [-0.3, -0.25) is 9.69 Å². The number of nitrogens with zero attached hydrogens (tertiary/aromatic N) is 2. The summed E-state index contributed by atoms with van der Waals surface area (Å²) >= 11 is 6.74. The second-order valence-corrected chi connectivity index (χ2v) is 11.5. The minimum Gasteiger partial charge on any atom is -0.379 e. The Morgan fingerprint density at radius 2 is 1.91 bits per heavy atom. The third-order valence-electron chi connectivity index (χ3n) is 8.05. The highest BCUT2D eigenvalue weighted by atomic mass is 35.5. The molecule has 2 aromatic rings. The molecule has 2 atom stereocenters. The zero-order chi connectivity index (χ0) is 23.9. The number of ether oxygens (including phenoxy) is 2. The van der Waals surface area contributed by atoms with Crippen molar-refractivity contribution in [3.8, 4) is 0 Å². The lowest BCUT2D eigenvalue weighted by Crippen LogP contribution is -2.50. The summed E-state index contributed by atoms with van der Waals surface area (Å²) in [5.74, 6) is 1.00. The third kappa shape index (κ3) is 4.97. The van der Waals surface area contributed by atoms with E-state index in [4.69, 9.17) is 21.1 Å². The molecule has 0 saturated carbocycles. The van der Waals surface area contributed by atoms with Gasteiger partial charge in [0.1, 0.15) is 5.82 Å². The number of piperidine rings is 1. The number of nitrogens with one attached hydrogen (secondary N) is 1. The quantitative estimate of drug-likeness (QED) is 0.629. The average molecular weight is 486 g/mol. The van der Waals surface area contributed by atoms with Crippen molar-refractivity contribution >= 4 is 34.1 Å². The van der Waals surface area contributed by atoms with Gasteiger partial charge in [0.25, 0.3) is 0 Å². The van der Waals surface area contributed by atoms with Crippen LogP contribution in [-0.2, 0) is 14.3 Å². The van der Waals surface area contributed by atoms with Crippen LogP contribution in [0.2, 0.25) is 5.02 Å². The lowest BCUT2D eigenvalue weighted by molar-refractivity contribution is -0.130. The van der Waals surface area contributed by atoms with E-state index >= 15 is 0 Å². The number of hydrogen-bond acceptors (Lipinski definition) is 5. The monoisotopic (exact) mass is 485 g/mol. The second-order valence-electron chi connectivity index (χ2n) is 11.1. The molecule has 1 aromatic carbocycles. The Morgan fingerprint density at radius 1 is 1.12 bits per heavy atom. The average Bonchev–Trinajstić information content (AvgIpc) is 3.26. The first-order valence-electron chi connectivity index (χ1n) is 12.6. The molecule has 3 fully saturated rings. The predicted octanol–water partition coefficient (Wildman–Crippen LogP) is 5.39. The Morgan fingerprint density at radius 3 is 2.62 bits per heavy atom. The van der Waals surface area contributed by atoms with Crippen LogP contribution >= 0.6 is 11.6 Å². The lowest BCUT2D eigenvalue weighted by atomic mass is 9.85. The summed E-state index contributed by atoms with van der Waals surface area (Å²) in [6.45, 7) is 10.9. The van der Waals surface area contributed by atoms with E-state index in [0.717, 1.165) is 74.2 Å². The molecule has 0 bridgehead atoms. The molecule has 0 radical (unpaired) electrons. The molecule has 2 unspecified atom stereocenters. The van der Waals surface area contributed by atoms with Gasteiger partial charge in [-0.05, 0) is 101 Å². The number of amides is 1. The molecular formula is C27H36ClN3O3. The van der Waals surface area contributed by atoms with Crippen LogP contribution in [0.15, 0.2) is 24.4 Å². The van der Waals surface area contributed by atoms with Gasteiger partial charge in [-0.1, -0.05) is 11.6 Å². The van der Waals surface area contributed by atoms with Gasteiger partial charge in [0.05, 0.1) is 12.2 Å². The summed E-state index contributed by atoms with van der Waals surface area (Å²) < 4.78 is 11.4. The SMILES string of the molecule is CC1(C)CC(C(=O)Nc2cc3cc(C4CCN(C5(C)CCOC5)CC4)c(Cl)cc3cn2)CCO1. The molecule has 4 heterocycles. The number of benzene rings is 1. The highest BCUT2D eigenvalue weighted by molar-refractivity contribution is 6.32. The van der Waals surface area contributed by atoms with Gasteiger partial charge in [0.2, 0.25) is 5.91 Å². The van der Waals surface area contributed by atoms with Crippen LogP contribution in [0.5, 0.6) is 0 Å². The van der Waals surface area contributed by atoms with Gasteiger partial charge in [0, 0.05) is 41.3 Å². The fourth-order valence-corrected chi connectivity index (χ4v) is 6.21. The zero-order valence-electron chi connectivity index (χ0n) is 20.5. The fourth-order valence-electron chi connectivity index (χ4n) is 5.88. The van der Waals surface area contributed by atoms with Crippen LogP contribution in [0, 0.1) is 5.92 Å². The highest BCUT2D eigenvalue weighted by Crippen LogP contribution is 2.38. The van der Waals surface area contributed by atoms with Gasteiger partial charge < -0.3 is 14.8 Å². The molecule has 1 N–H and O–H groups in total. The van der Waals surface area contributed by atoms with Gasteiger partial charge >= 0.3 is 0 Å². The first-order valence-corrected chi connectivity index (χ1v) is 13.0. The maximum Gasteiger partial charge on any atom is 0.228 e. The number of halogens is 1. The Bertz CT molecular complexity index is 1060. The molecule has 1 amide bonds. The Balaban J connectivity index is 1.30. The van der Waals surface area contributed by atoms with E-state index in [1.807, 2.05) is 26.0 Å². The van der Waals surface area contributed by atoms with Crippen molar-refractivity contribution < 1.29 is 14.3 Å². The fraction of sp³-hybridized carbons (Fsp3) is 0.630. The van der Waals surface area contributed by atoms with Gasteiger partial charge in [-0.25, -0.2) is 4.98 Å². The number of carbonyl (C=O) groups excluding carboxylic acids is 1. The van der Waals surface area contributed by atoms with E-state index in [1.165, 1.54) is 5.56 Å². The maximum atomic E-state index is 12.9. The predicted molar refractivity (Wildman–Crippen MR) is 136 cm³/mol. The molecule has 3 aliphatic heterocycles. The molecule has 7 heteroatoms. The first kappa shape index (κ1) is 24.0. The second kappa shape index (κ2) is 9.38. The smallest absolute Gasteiger partial charge is 0.228 e. The summed E-state index contributed by atoms with van der Waals surface area (Å²) in [6.07, 6.45) is 6.56. The number of likely N-dealkylation sites (tertiary alicyclic amines) is 1. The van der Waals surface area contributed by atoms with Crippen molar-refractivity contribution in [2.24, 2.45) is 5.92 Å². The van der Waals surface area contributed by atoms with Crippen molar-refractivity contribution in [2.45, 2.75) is 69.9 Å². The largest absolute Gasteiger partial charge is 0.379 e. The summed E-state index contributed by atoms with van der Waals surface area (Å²) in [5, 5.41) is 5.91. The van der Waals surface area contributed by atoms with E-state index in [2.05, 4.69) is 28.2 Å². The molecule has 3 aliphatic rings. The van der Waals surface area contributed by atoms with E-state index < -0.39 is 0 Å². The highest BCUT2D eigenvalue weighted by Gasteiger charge is 2.38. The van der Waals surface area contributed by atoms with Crippen molar-refractivity contribution in [3.05, 3.63) is 35.0 Å². The third-order valence-corrected chi connectivity index (χ3v) is 8.38. The number of anilines is 1. The van der Waals surface area contributed by atoms with E-state index in [9.17, 15) is 4.79 Å². The molecule has 5 rings (SSSR count). The van der Waals surface area contributed by atoms with Gasteiger partial charge in [-0.2, -0.15) is 0 Å². The number of carbonyl (C=O) groups is 1. The molecule has 3 saturated heterocycles. The standard InChI is InChI=1S/C27H36ClN3O3/c1-26(2)15-19(6-10-34-26)25(32)30-24-14-20-12-22(23(28)13-21(20)16-29-24)18-4-8-31(9-5-18)27(3)7-11-33-17-27/h12-14,16,18-19H,4-11,15,17H2,1-3H3,(H,29,30,32). The van der Waals surface area contributed by atoms with E-state index in [0.29, 0.717) is 18.3 Å². The van der Waals surface area contributed by atoms with Crippen molar-refractivity contribution in [2.75, 3.05) is 38.2 Å². The van der Waals surface area contributed by atoms with E-state index in [1.54, 1.807) is 6.20 Å². The number of rotatable bonds is 4. The van der Waals surface area contributed by atoms with Crippen LogP contribution < -0.4 is 5.32 Å².